The molecule has 0 aliphatic heterocycles. The Balaban J connectivity index is 1.84. The Morgan fingerprint density at radius 1 is 1.12 bits per heavy atom. The summed E-state index contributed by atoms with van der Waals surface area (Å²) in [6, 6.07) is 8.26. The molecule has 2 amide bonds. The summed E-state index contributed by atoms with van der Waals surface area (Å²) in [6.07, 6.45) is 0.598. The van der Waals surface area contributed by atoms with Crippen LogP contribution in [0.1, 0.15) is 41.6 Å². The van der Waals surface area contributed by atoms with Crippen LogP contribution in [0.2, 0.25) is 0 Å². The number of ether oxygens (including phenoxy) is 2. The van der Waals surface area contributed by atoms with Gasteiger partial charge in [-0.15, -0.1) is 0 Å². The predicted molar refractivity (Wildman–Crippen MR) is 94.1 cm³/mol. The highest BCUT2D eigenvalue weighted by molar-refractivity contribution is 5.99. The molecule has 2 rings (SSSR count). The summed E-state index contributed by atoms with van der Waals surface area (Å²) in [5, 5.41) is 0. The van der Waals surface area contributed by atoms with E-state index in [1.807, 2.05) is 6.92 Å². The molecule has 0 aliphatic rings. The molecular weight excluding hydrogens is 338 g/mol. The second-order valence-corrected chi connectivity index (χ2v) is 5.47. The number of aromatic amines is 1. The molecule has 3 N–H and O–H groups in total. The van der Waals surface area contributed by atoms with Gasteiger partial charge in [0.05, 0.1) is 6.61 Å². The number of Topliss-reactive ketones (excluding diaryl/α,β-unsaturated/α-hetero) is 1. The molecular formula is C18H21N3O5. The van der Waals surface area contributed by atoms with Gasteiger partial charge in [0.25, 0.3) is 11.8 Å². The highest BCUT2D eigenvalue weighted by Gasteiger charge is 2.17. The van der Waals surface area contributed by atoms with E-state index in [1.165, 1.54) is 19.2 Å². The maximum absolute atomic E-state index is 12.0. The molecule has 0 spiro atoms. The fourth-order valence-electron chi connectivity index (χ4n) is 2.05. The molecule has 2 aromatic rings. The lowest BCUT2D eigenvalue weighted by Crippen LogP contribution is -2.47. The number of nitrogens with one attached hydrogen (secondary N) is 3. The monoisotopic (exact) mass is 359 g/mol. The fourth-order valence-corrected chi connectivity index (χ4v) is 2.05. The van der Waals surface area contributed by atoms with Crippen LogP contribution in [0.3, 0.4) is 0 Å². The first-order valence-corrected chi connectivity index (χ1v) is 8.09. The van der Waals surface area contributed by atoms with Crippen LogP contribution < -0.4 is 20.3 Å². The van der Waals surface area contributed by atoms with Gasteiger partial charge in [-0.2, -0.15) is 0 Å². The first-order chi connectivity index (χ1) is 12.4. The van der Waals surface area contributed by atoms with Crippen LogP contribution in [0.25, 0.3) is 0 Å². The van der Waals surface area contributed by atoms with Gasteiger partial charge in [0.15, 0.2) is 11.9 Å². The molecule has 1 aromatic heterocycles. The molecule has 8 heteroatoms. The van der Waals surface area contributed by atoms with Crippen molar-refractivity contribution in [3.05, 3.63) is 47.8 Å². The van der Waals surface area contributed by atoms with Crippen LogP contribution >= 0.6 is 0 Å². The Bertz CT molecular complexity index is 782. The molecule has 138 valence electrons. The second kappa shape index (κ2) is 8.70. The molecule has 0 fully saturated rings. The van der Waals surface area contributed by atoms with Crippen LogP contribution in [-0.4, -0.2) is 35.3 Å². The number of amides is 2. The second-order valence-electron chi connectivity index (χ2n) is 5.47. The topological polar surface area (TPSA) is 110 Å². The Morgan fingerprint density at radius 3 is 2.35 bits per heavy atom. The summed E-state index contributed by atoms with van der Waals surface area (Å²) in [6.45, 7) is 5.40. The van der Waals surface area contributed by atoms with Crippen molar-refractivity contribution in [1.82, 2.24) is 15.8 Å². The summed E-state index contributed by atoms with van der Waals surface area (Å²) >= 11 is 0. The van der Waals surface area contributed by atoms with Crippen molar-refractivity contribution in [3.8, 4) is 11.5 Å². The molecule has 0 unspecified atom stereocenters. The van der Waals surface area contributed by atoms with Gasteiger partial charge >= 0.3 is 0 Å². The van der Waals surface area contributed by atoms with E-state index < -0.39 is 17.9 Å². The minimum absolute atomic E-state index is 0.163. The molecule has 0 aliphatic carbocycles. The number of carbonyl (C=O) groups excluding carboxylic acids is 3. The zero-order valence-corrected chi connectivity index (χ0v) is 14.8. The molecule has 1 heterocycles. The number of benzene rings is 1. The number of rotatable bonds is 7. The highest BCUT2D eigenvalue weighted by atomic mass is 16.5. The molecule has 8 nitrogen and oxygen atoms in total. The van der Waals surface area contributed by atoms with Crippen LogP contribution in [0.4, 0.5) is 0 Å². The molecule has 1 atom stereocenters. The van der Waals surface area contributed by atoms with Gasteiger partial charge in [-0.05, 0) is 51.1 Å². The Hall–Kier alpha value is -3.29. The summed E-state index contributed by atoms with van der Waals surface area (Å²) < 4.78 is 10.8. The normalized spacial score (nSPS) is 11.3. The number of hydrogen-bond acceptors (Lipinski definition) is 5. The zero-order chi connectivity index (χ0) is 19.1. The average Bonchev–Trinajstić information content (AvgIpc) is 3.11. The number of aromatic nitrogens is 1. The van der Waals surface area contributed by atoms with Gasteiger partial charge in [0.2, 0.25) is 0 Å². The first-order valence-electron chi connectivity index (χ1n) is 8.09. The maximum Gasteiger partial charge on any atom is 0.286 e. The number of ketones is 1. The van der Waals surface area contributed by atoms with E-state index in [-0.39, 0.29) is 11.5 Å². The first kappa shape index (κ1) is 19.0. The van der Waals surface area contributed by atoms with Crippen molar-refractivity contribution in [3.63, 3.8) is 0 Å². The molecule has 1 aromatic carbocycles. The van der Waals surface area contributed by atoms with Crippen molar-refractivity contribution in [2.24, 2.45) is 0 Å². The third-order valence-electron chi connectivity index (χ3n) is 3.45. The molecule has 0 saturated carbocycles. The van der Waals surface area contributed by atoms with Crippen LogP contribution in [0.5, 0.6) is 11.5 Å². The van der Waals surface area contributed by atoms with Crippen molar-refractivity contribution in [1.29, 1.82) is 0 Å². The smallest absolute Gasteiger partial charge is 0.286 e. The van der Waals surface area contributed by atoms with E-state index >= 15 is 0 Å². The predicted octanol–water partition coefficient (Wildman–Crippen LogP) is 1.84. The Labute approximate surface area is 150 Å². The SMILES string of the molecule is CCOc1ccc(O[C@@H](C)C(=O)NNC(=O)c2cc(C(C)=O)c[nH]2)cc1. The lowest BCUT2D eigenvalue weighted by molar-refractivity contribution is -0.128. The maximum atomic E-state index is 12.0. The van der Waals surface area contributed by atoms with E-state index in [0.717, 1.165) is 0 Å². The van der Waals surface area contributed by atoms with Crippen molar-refractivity contribution in [2.45, 2.75) is 26.9 Å². The molecule has 0 saturated heterocycles. The number of hydrogen-bond donors (Lipinski definition) is 3. The number of hydrazine groups is 1. The molecule has 0 radical (unpaired) electrons. The standard InChI is InChI=1S/C18H21N3O5/c1-4-25-14-5-7-15(8-6-14)26-12(3)17(23)20-21-18(24)16-9-13(10-19-16)11(2)22/h5-10,12,19H,4H2,1-3H3,(H,20,23)(H,21,24)/t12-/m0/s1. The summed E-state index contributed by atoms with van der Waals surface area (Å²) in [4.78, 5) is 37.9. The lowest BCUT2D eigenvalue weighted by atomic mass is 10.2. The summed E-state index contributed by atoms with van der Waals surface area (Å²) in [5.74, 6) is -0.0515. The lowest BCUT2D eigenvalue weighted by Gasteiger charge is -2.15. The van der Waals surface area contributed by atoms with Crippen LogP contribution in [0, 0.1) is 0 Å². The minimum Gasteiger partial charge on any atom is -0.494 e. The average molecular weight is 359 g/mol. The minimum atomic E-state index is -0.829. The van der Waals surface area contributed by atoms with Gasteiger partial charge in [0.1, 0.15) is 17.2 Å². The van der Waals surface area contributed by atoms with Crippen molar-refractivity contribution in [2.75, 3.05) is 6.61 Å². The summed E-state index contributed by atoms with van der Waals surface area (Å²) in [7, 11) is 0. The number of H-pyrrole nitrogens is 1. The van der Waals surface area contributed by atoms with E-state index in [0.29, 0.717) is 23.7 Å². The van der Waals surface area contributed by atoms with Gasteiger partial charge in [-0.1, -0.05) is 0 Å². The van der Waals surface area contributed by atoms with Crippen molar-refractivity contribution < 1.29 is 23.9 Å². The van der Waals surface area contributed by atoms with Gasteiger partial charge in [-0.3, -0.25) is 25.2 Å². The Kier molecular flexibility index (Phi) is 6.37. The fraction of sp³-hybridized carbons (Fsp3) is 0.278. The van der Waals surface area contributed by atoms with Gasteiger partial charge in [-0.25, -0.2) is 0 Å². The zero-order valence-electron chi connectivity index (χ0n) is 14.8. The van der Waals surface area contributed by atoms with E-state index in [1.54, 1.807) is 31.2 Å². The summed E-state index contributed by atoms with van der Waals surface area (Å²) in [5.41, 5.74) is 5.09. The highest BCUT2D eigenvalue weighted by Crippen LogP contribution is 2.18. The third-order valence-corrected chi connectivity index (χ3v) is 3.45. The van der Waals surface area contributed by atoms with E-state index in [2.05, 4.69) is 15.8 Å². The van der Waals surface area contributed by atoms with E-state index in [4.69, 9.17) is 9.47 Å². The molecule has 0 bridgehead atoms. The van der Waals surface area contributed by atoms with Gasteiger partial charge < -0.3 is 14.5 Å². The van der Waals surface area contributed by atoms with E-state index in [9.17, 15) is 14.4 Å². The van der Waals surface area contributed by atoms with Gasteiger partial charge in [0, 0.05) is 11.8 Å². The van der Waals surface area contributed by atoms with Crippen LogP contribution in [0.15, 0.2) is 36.5 Å². The third kappa shape index (κ3) is 5.10. The Morgan fingerprint density at radius 2 is 1.77 bits per heavy atom. The van der Waals surface area contributed by atoms with Crippen molar-refractivity contribution >= 4 is 17.6 Å². The quantitative estimate of drug-likeness (QED) is 0.516. The molecule has 26 heavy (non-hydrogen) atoms. The van der Waals surface area contributed by atoms with Crippen LogP contribution in [-0.2, 0) is 4.79 Å². The largest absolute Gasteiger partial charge is 0.494 e. The number of carbonyl (C=O) groups is 3.